The molecule has 2 aromatic carbocycles. The zero-order valence-corrected chi connectivity index (χ0v) is 17.2. The predicted octanol–water partition coefficient (Wildman–Crippen LogP) is 0.444. The molecule has 1 fully saturated rings. The Bertz CT molecular complexity index is 1050. The van der Waals surface area contributed by atoms with Crippen molar-refractivity contribution in [3.63, 3.8) is 0 Å². The summed E-state index contributed by atoms with van der Waals surface area (Å²) in [7, 11) is -3.83. The number of nitrogens with zero attached hydrogens (tertiary/aromatic N) is 1. The molecule has 1 aliphatic heterocycles. The lowest BCUT2D eigenvalue weighted by Gasteiger charge is -2.25. The molecule has 1 saturated heterocycles. The average Bonchev–Trinajstić information content (AvgIpc) is 2.77. The van der Waals surface area contributed by atoms with E-state index in [2.05, 4.69) is 16.2 Å². The van der Waals surface area contributed by atoms with Crippen molar-refractivity contribution in [1.82, 2.24) is 20.5 Å². The number of nitrogens with one attached hydrogen (secondary N) is 3. The van der Waals surface area contributed by atoms with Crippen molar-refractivity contribution in [3.05, 3.63) is 65.2 Å². The van der Waals surface area contributed by atoms with Gasteiger partial charge in [0.2, 0.25) is 15.9 Å². The van der Waals surface area contributed by atoms with Gasteiger partial charge in [0.25, 0.3) is 11.8 Å². The van der Waals surface area contributed by atoms with Crippen molar-refractivity contribution >= 4 is 27.7 Å². The summed E-state index contributed by atoms with van der Waals surface area (Å²) in [5.41, 5.74) is 6.30. The van der Waals surface area contributed by atoms with E-state index >= 15 is 0 Å². The van der Waals surface area contributed by atoms with E-state index in [1.807, 2.05) is 19.1 Å². The predicted molar refractivity (Wildman–Crippen MR) is 109 cm³/mol. The number of hydrazine groups is 1. The summed E-state index contributed by atoms with van der Waals surface area (Å²) in [5.74, 6) is -1.41. The topological polar surface area (TPSA) is 125 Å². The van der Waals surface area contributed by atoms with Crippen LogP contribution in [0.2, 0.25) is 0 Å². The van der Waals surface area contributed by atoms with Gasteiger partial charge < -0.3 is 5.32 Å². The summed E-state index contributed by atoms with van der Waals surface area (Å²) in [5, 5.41) is 2.57. The van der Waals surface area contributed by atoms with Gasteiger partial charge >= 0.3 is 0 Å². The summed E-state index contributed by atoms with van der Waals surface area (Å²) in [6.45, 7) is 2.20. The summed E-state index contributed by atoms with van der Waals surface area (Å²) >= 11 is 0. The van der Waals surface area contributed by atoms with E-state index in [1.165, 1.54) is 24.3 Å². The van der Waals surface area contributed by atoms with Gasteiger partial charge in [0, 0.05) is 24.2 Å². The van der Waals surface area contributed by atoms with Gasteiger partial charge in [-0.3, -0.25) is 25.2 Å². The third-order valence-corrected chi connectivity index (χ3v) is 6.53. The van der Waals surface area contributed by atoms with Crippen molar-refractivity contribution in [2.45, 2.75) is 18.2 Å². The highest BCUT2D eigenvalue weighted by molar-refractivity contribution is 7.89. The highest BCUT2D eigenvalue weighted by Crippen LogP contribution is 2.17. The van der Waals surface area contributed by atoms with E-state index in [1.54, 1.807) is 12.1 Å². The minimum Gasteiger partial charge on any atom is -0.354 e. The van der Waals surface area contributed by atoms with Gasteiger partial charge in [-0.25, -0.2) is 8.42 Å². The Morgan fingerprint density at radius 3 is 2.00 bits per heavy atom. The maximum atomic E-state index is 12.6. The average molecular weight is 430 g/mol. The van der Waals surface area contributed by atoms with Gasteiger partial charge in [0.15, 0.2) is 0 Å². The summed E-state index contributed by atoms with van der Waals surface area (Å²) in [6, 6.07) is 12.3. The third-order valence-electron chi connectivity index (χ3n) is 4.67. The minimum atomic E-state index is -3.83. The van der Waals surface area contributed by atoms with Gasteiger partial charge in [0.05, 0.1) is 11.4 Å². The molecule has 158 valence electrons. The van der Waals surface area contributed by atoms with Crippen LogP contribution in [0.1, 0.15) is 33.2 Å². The number of amides is 3. The van der Waals surface area contributed by atoms with Crippen LogP contribution in [-0.2, 0) is 21.2 Å². The molecule has 0 aromatic heterocycles. The lowest BCUT2D eigenvalue weighted by atomic mass is 10.1. The Morgan fingerprint density at radius 2 is 1.50 bits per heavy atom. The van der Waals surface area contributed by atoms with E-state index in [0.29, 0.717) is 5.56 Å². The molecular weight excluding hydrogens is 408 g/mol. The van der Waals surface area contributed by atoms with Crippen LogP contribution in [0.5, 0.6) is 0 Å². The monoisotopic (exact) mass is 430 g/mol. The number of hydrogen-bond acceptors (Lipinski definition) is 5. The largest absolute Gasteiger partial charge is 0.354 e. The van der Waals surface area contributed by atoms with Crippen LogP contribution < -0.4 is 16.2 Å². The van der Waals surface area contributed by atoms with Gasteiger partial charge in [-0.2, -0.15) is 4.31 Å². The zero-order chi connectivity index (χ0) is 21.7. The molecule has 0 unspecified atom stereocenters. The molecule has 0 saturated carbocycles. The fraction of sp³-hybridized carbons (Fsp3) is 0.250. The lowest BCUT2D eigenvalue weighted by Crippen LogP contribution is -2.49. The molecule has 0 atom stereocenters. The second-order valence-corrected chi connectivity index (χ2v) is 8.61. The Balaban J connectivity index is 1.61. The van der Waals surface area contributed by atoms with Crippen LogP contribution in [-0.4, -0.2) is 50.1 Å². The van der Waals surface area contributed by atoms with Crippen molar-refractivity contribution < 1.29 is 22.8 Å². The Kier molecular flexibility index (Phi) is 6.48. The molecule has 1 aliphatic rings. The highest BCUT2D eigenvalue weighted by atomic mass is 32.2. The standard InChI is InChI=1S/C20H22N4O5S/c1-2-14-3-5-15(6-4-14)19(26)22-23-20(27)16-7-9-17(10-8-16)30(28,29)24-12-11-21-18(25)13-24/h3-10H,2,11-13H2,1H3,(H,21,25)(H,22,26)(H,23,27). The van der Waals surface area contributed by atoms with E-state index in [-0.39, 0.29) is 36.0 Å². The summed E-state index contributed by atoms with van der Waals surface area (Å²) in [4.78, 5) is 35.8. The number of sulfonamides is 1. The van der Waals surface area contributed by atoms with Crippen molar-refractivity contribution in [1.29, 1.82) is 0 Å². The molecule has 9 nitrogen and oxygen atoms in total. The molecule has 1 heterocycles. The van der Waals surface area contributed by atoms with Gasteiger partial charge in [0.1, 0.15) is 0 Å². The second-order valence-electron chi connectivity index (χ2n) is 6.67. The van der Waals surface area contributed by atoms with Crippen molar-refractivity contribution in [2.24, 2.45) is 0 Å². The quantitative estimate of drug-likeness (QED) is 0.594. The third kappa shape index (κ3) is 4.84. The first-order valence-electron chi connectivity index (χ1n) is 9.38. The molecule has 3 N–H and O–H groups in total. The molecule has 3 rings (SSSR count). The number of aryl methyl sites for hydroxylation is 1. The molecule has 2 aromatic rings. The molecule has 0 aliphatic carbocycles. The van der Waals surface area contributed by atoms with E-state index in [0.717, 1.165) is 16.3 Å². The molecule has 0 radical (unpaired) electrons. The van der Waals surface area contributed by atoms with Crippen LogP contribution in [0, 0.1) is 0 Å². The summed E-state index contributed by atoms with van der Waals surface area (Å²) in [6.07, 6.45) is 0.856. The molecule has 0 bridgehead atoms. The molecule has 0 spiro atoms. The molecule has 30 heavy (non-hydrogen) atoms. The smallest absolute Gasteiger partial charge is 0.269 e. The SMILES string of the molecule is CCc1ccc(C(=O)NNC(=O)c2ccc(S(=O)(=O)N3CCNC(=O)C3)cc2)cc1. The first kappa shape index (κ1) is 21.5. The maximum absolute atomic E-state index is 12.6. The first-order chi connectivity index (χ1) is 14.3. The van der Waals surface area contributed by atoms with E-state index in [4.69, 9.17) is 0 Å². The van der Waals surface area contributed by atoms with Crippen LogP contribution >= 0.6 is 0 Å². The number of rotatable bonds is 5. The fourth-order valence-electron chi connectivity index (χ4n) is 2.90. The number of carbonyl (C=O) groups excluding carboxylic acids is 3. The van der Waals surface area contributed by atoms with Crippen molar-refractivity contribution in [2.75, 3.05) is 19.6 Å². The lowest BCUT2D eigenvalue weighted by molar-refractivity contribution is -0.122. The minimum absolute atomic E-state index is 0.0196. The van der Waals surface area contributed by atoms with Gasteiger partial charge in [-0.05, 0) is 48.4 Å². The van der Waals surface area contributed by atoms with Crippen LogP contribution in [0.15, 0.2) is 53.4 Å². The van der Waals surface area contributed by atoms with E-state index in [9.17, 15) is 22.8 Å². The van der Waals surface area contributed by atoms with Crippen LogP contribution in [0.4, 0.5) is 0 Å². The van der Waals surface area contributed by atoms with Crippen LogP contribution in [0.25, 0.3) is 0 Å². The number of benzene rings is 2. The van der Waals surface area contributed by atoms with Crippen LogP contribution in [0.3, 0.4) is 0 Å². The highest BCUT2D eigenvalue weighted by Gasteiger charge is 2.29. The number of hydrogen-bond donors (Lipinski definition) is 3. The van der Waals surface area contributed by atoms with Crippen molar-refractivity contribution in [3.8, 4) is 0 Å². The Labute approximate surface area is 174 Å². The maximum Gasteiger partial charge on any atom is 0.269 e. The first-order valence-corrected chi connectivity index (χ1v) is 10.8. The summed E-state index contributed by atoms with van der Waals surface area (Å²) < 4.78 is 26.3. The Hall–Kier alpha value is -3.24. The number of piperazine rings is 1. The Morgan fingerprint density at radius 1 is 0.967 bits per heavy atom. The van der Waals surface area contributed by atoms with E-state index < -0.39 is 21.8 Å². The van der Waals surface area contributed by atoms with Gasteiger partial charge in [-0.15, -0.1) is 0 Å². The second kappa shape index (κ2) is 9.06. The fourth-order valence-corrected chi connectivity index (χ4v) is 4.29. The zero-order valence-electron chi connectivity index (χ0n) is 16.3. The number of carbonyl (C=O) groups is 3. The molecule has 10 heteroatoms. The molecular formula is C20H22N4O5S. The van der Waals surface area contributed by atoms with Gasteiger partial charge in [-0.1, -0.05) is 19.1 Å². The molecule has 3 amide bonds. The normalized spacial score (nSPS) is 14.6.